The number of nitrogens with one attached hydrogen (secondary N) is 2. The average molecular weight is 353 g/mol. The maximum Gasteiger partial charge on any atom is 0.333 e. The molecule has 1 atom stereocenters. The van der Waals surface area contributed by atoms with Crippen LogP contribution in [-0.2, 0) is 24.7 Å². The first-order chi connectivity index (χ1) is 11.6. The molecule has 0 aliphatic carbocycles. The number of anilines is 1. The maximum absolute atomic E-state index is 12.0. The van der Waals surface area contributed by atoms with Gasteiger partial charge in [-0.2, -0.15) is 5.10 Å². The molecule has 4 N–H and O–H groups in total. The van der Waals surface area contributed by atoms with E-state index in [-0.39, 0.29) is 25.0 Å². The Labute approximate surface area is 147 Å². The van der Waals surface area contributed by atoms with Crippen molar-refractivity contribution in [3.8, 4) is 0 Å². The van der Waals surface area contributed by atoms with Gasteiger partial charge < -0.3 is 21.1 Å². The predicted octanol–water partition coefficient (Wildman–Crippen LogP) is 0.219. The Balaban J connectivity index is 2.61. The second-order valence-corrected chi connectivity index (χ2v) is 6.49. The lowest BCUT2D eigenvalue weighted by Gasteiger charge is -2.22. The average Bonchev–Trinajstić information content (AvgIpc) is 3.01. The number of nitrogens with two attached hydrogens (primary N) is 1. The quantitative estimate of drug-likeness (QED) is 0.574. The molecule has 9 heteroatoms. The number of ether oxygens (including phenoxy) is 1. The van der Waals surface area contributed by atoms with E-state index >= 15 is 0 Å². The molecule has 0 aliphatic heterocycles. The van der Waals surface area contributed by atoms with Crippen molar-refractivity contribution in [2.45, 2.75) is 46.2 Å². The zero-order chi connectivity index (χ0) is 19.2. The molecule has 25 heavy (non-hydrogen) atoms. The van der Waals surface area contributed by atoms with Crippen LogP contribution in [0.25, 0.3) is 0 Å². The Kier molecular flexibility index (Phi) is 7.10. The van der Waals surface area contributed by atoms with Gasteiger partial charge in [-0.15, -0.1) is 0 Å². The lowest BCUT2D eigenvalue weighted by Crippen LogP contribution is -2.46. The number of aromatic nitrogens is 2. The van der Waals surface area contributed by atoms with Crippen LogP contribution in [0.5, 0.6) is 0 Å². The maximum atomic E-state index is 12.0. The van der Waals surface area contributed by atoms with Crippen molar-refractivity contribution in [3.63, 3.8) is 0 Å². The fourth-order valence-corrected chi connectivity index (χ4v) is 1.89. The number of carbonyl (C=O) groups excluding carboxylic acids is 3. The zero-order valence-corrected chi connectivity index (χ0v) is 15.3. The third-order valence-corrected chi connectivity index (χ3v) is 3.66. The largest absolute Gasteiger partial charge is 0.464 e. The summed E-state index contributed by atoms with van der Waals surface area (Å²) in [6.07, 6.45) is 2.94. The van der Waals surface area contributed by atoms with Crippen molar-refractivity contribution in [2.24, 2.45) is 11.7 Å². The second kappa shape index (κ2) is 8.61. The van der Waals surface area contributed by atoms with Crippen LogP contribution in [0, 0.1) is 5.92 Å². The summed E-state index contributed by atoms with van der Waals surface area (Å²) in [5, 5.41) is 9.16. The standard InChI is InChI=1S/C16H27N5O4/c1-6-25-15(24)16(4,5)21-9-11(7-19-21)20-12(22)8-18-14(23)13(17)10(2)3/h7,9-10,13H,6,8,17H2,1-5H3,(H,18,23)(H,20,22)/t13-/m0/s1. The number of carbonyl (C=O) groups is 3. The smallest absolute Gasteiger partial charge is 0.333 e. The van der Waals surface area contributed by atoms with E-state index in [0.29, 0.717) is 5.69 Å². The fourth-order valence-electron chi connectivity index (χ4n) is 1.89. The second-order valence-electron chi connectivity index (χ2n) is 6.49. The van der Waals surface area contributed by atoms with Crippen molar-refractivity contribution < 1.29 is 19.1 Å². The summed E-state index contributed by atoms with van der Waals surface area (Å²) in [6.45, 7) is 8.77. The normalized spacial score (nSPS) is 12.6. The summed E-state index contributed by atoms with van der Waals surface area (Å²) in [6, 6.07) is -0.666. The van der Waals surface area contributed by atoms with Gasteiger partial charge in [0.05, 0.1) is 31.1 Å². The van der Waals surface area contributed by atoms with Crippen LogP contribution < -0.4 is 16.4 Å². The first-order valence-electron chi connectivity index (χ1n) is 8.15. The number of hydrogen-bond acceptors (Lipinski definition) is 6. The van der Waals surface area contributed by atoms with Gasteiger partial charge in [-0.1, -0.05) is 13.8 Å². The van der Waals surface area contributed by atoms with Crippen molar-refractivity contribution >= 4 is 23.5 Å². The van der Waals surface area contributed by atoms with Gasteiger partial charge >= 0.3 is 5.97 Å². The monoisotopic (exact) mass is 353 g/mol. The molecular weight excluding hydrogens is 326 g/mol. The van der Waals surface area contributed by atoms with Gasteiger partial charge in [-0.05, 0) is 26.7 Å². The molecule has 0 saturated heterocycles. The summed E-state index contributed by atoms with van der Waals surface area (Å²) >= 11 is 0. The van der Waals surface area contributed by atoms with Crippen molar-refractivity contribution in [3.05, 3.63) is 12.4 Å². The fraction of sp³-hybridized carbons (Fsp3) is 0.625. The Hall–Kier alpha value is -2.42. The highest BCUT2D eigenvalue weighted by molar-refractivity contribution is 5.95. The summed E-state index contributed by atoms with van der Waals surface area (Å²) in [4.78, 5) is 35.6. The van der Waals surface area contributed by atoms with Crippen LogP contribution in [0.4, 0.5) is 5.69 Å². The lowest BCUT2D eigenvalue weighted by atomic mass is 10.1. The first kappa shape index (κ1) is 20.6. The number of amides is 2. The molecule has 0 aliphatic rings. The van der Waals surface area contributed by atoms with E-state index < -0.39 is 23.5 Å². The minimum atomic E-state index is -1.00. The van der Waals surface area contributed by atoms with Crippen LogP contribution in [0.1, 0.15) is 34.6 Å². The topological polar surface area (TPSA) is 128 Å². The van der Waals surface area contributed by atoms with Crippen LogP contribution in [-0.4, -0.2) is 46.8 Å². The summed E-state index contributed by atoms with van der Waals surface area (Å²) in [7, 11) is 0. The molecule has 0 unspecified atom stereocenters. The SMILES string of the molecule is CCOC(=O)C(C)(C)n1cc(NC(=O)CNC(=O)[C@@H](N)C(C)C)cn1. The Morgan fingerprint density at radius 1 is 1.36 bits per heavy atom. The minimum absolute atomic E-state index is 0.0219. The molecule has 9 nitrogen and oxygen atoms in total. The number of rotatable bonds is 8. The molecule has 0 aromatic carbocycles. The first-order valence-corrected chi connectivity index (χ1v) is 8.15. The van der Waals surface area contributed by atoms with E-state index in [4.69, 9.17) is 10.5 Å². The molecule has 0 fully saturated rings. The number of hydrogen-bond donors (Lipinski definition) is 3. The molecule has 0 spiro atoms. The van der Waals surface area contributed by atoms with E-state index in [1.165, 1.54) is 17.1 Å². The molecule has 1 rings (SSSR count). The summed E-state index contributed by atoms with van der Waals surface area (Å²) in [5.74, 6) is -1.25. The van der Waals surface area contributed by atoms with Crippen LogP contribution in [0.3, 0.4) is 0 Å². The highest BCUT2D eigenvalue weighted by Crippen LogP contribution is 2.18. The molecule has 140 valence electrons. The van der Waals surface area contributed by atoms with Gasteiger partial charge in [0, 0.05) is 6.20 Å². The molecule has 0 radical (unpaired) electrons. The van der Waals surface area contributed by atoms with E-state index in [9.17, 15) is 14.4 Å². The van der Waals surface area contributed by atoms with E-state index in [0.717, 1.165) is 0 Å². The Morgan fingerprint density at radius 2 is 2.00 bits per heavy atom. The Morgan fingerprint density at radius 3 is 2.56 bits per heavy atom. The molecule has 1 heterocycles. The molecule has 0 saturated carbocycles. The molecule has 2 amide bonds. The molecule has 1 aromatic rings. The van der Waals surface area contributed by atoms with Gasteiger partial charge in [0.2, 0.25) is 11.8 Å². The third-order valence-electron chi connectivity index (χ3n) is 3.66. The summed E-state index contributed by atoms with van der Waals surface area (Å²) < 4.78 is 6.42. The highest BCUT2D eigenvalue weighted by Gasteiger charge is 2.32. The molecule has 0 bridgehead atoms. The predicted molar refractivity (Wildman–Crippen MR) is 92.6 cm³/mol. The number of esters is 1. The summed E-state index contributed by atoms with van der Waals surface area (Å²) in [5.41, 5.74) is 5.11. The molecule has 1 aromatic heterocycles. The molecular formula is C16H27N5O4. The Bertz CT molecular complexity index is 624. The highest BCUT2D eigenvalue weighted by atomic mass is 16.5. The van der Waals surface area contributed by atoms with E-state index in [2.05, 4.69) is 15.7 Å². The minimum Gasteiger partial charge on any atom is -0.464 e. The van der Waals surface area contributed by atoms with Crippen LogP contribution in [0.2, 0.25) is 0 Å². The van der Waals surface area contributed by atoms with Crippen molar-refractivity contribution in [1.29, 1.82) is 0 Å². The van der Waals surface area contributed by atoms with Crippen molar-refractivity contribution in [1.82, 2.24) is 15.1 Å². The van der Waals surface area contributed by atoms with Crippen LogP contribution >= 0.6 is 0 Å². The van der Waals surface area contributed by atoms with Gasteiger partial charge in [-0.25, -0.2) is 4.79 Å². The number of nitrogens with zero attached hydrogens (tertiary/aromatic N) is 2. The lowest BCUT2D eigenvalue weighted by molar-refractivity contribution is -0.152. The van der Waals surface area contributed by atoms with Crippen LogP contribution in [0.15, 0.2) is 12.4 Å². The van der Waals surface area contributed by atoms with E-state index in [1.54, 1.807) is 20.8 Å². The van der Waals surface area contributed by atoms with Gasteiger partial charge in [0.25, 0.3) is 0 Å². The zero-order valence-electron chi connectivity index (χ0n) is 15.3. The van der Waals surface area contributed by atoms with Gasteiger partial charge in [0.1, 0.15) is 0 Å². The van der Waals surface area contributed by atoms with E-state index in [1.807, 2.05) is 13.8 Å². The van der Waals surface area contributed by atoms with Gasteiger partial charge in [0.15, 0.2) is 5.54 Å². The van der Waals surface area contributed by atoms with Crippen molar-refractivity contribution in [2.75, 3.05) is 18.5 Å². The van der Waals surface area contributed by atoms with Gasteiger partial charge in [-0.3, -0.25) is 14.3 Å². The third kappa shape index (κ3) is 5.56.